The van der Waals surface area contributed by atoms with E-state index in [4.69, 9.17) is 9.47 Å². The number of nitrogens with zero attached hydrogens (tertiary/aromatic N) is 5. The molecule has 0 bridgehead atoms. The third-order valence-electron chi connectivity index (χ3n) is 4.25. The van der Waals surface area contributed by atoms with Crippen LogP contribution in [-0.4, -0.2) is 52.1 Å². The highest BCUT2D eigenvalue weighted by Crippen LogP contribution is 2.34. The molecule has 0 unspecified atom stereocenters. The van der Waals surface area contributed by atoms with E-state index in [2.05, 4.69) is 15.3 Å². The van der Waals surface area contributed by atoms with Gasteiger partial charge in [0.1, 0.15) is 5.75 Å². The Morgan fingerprint density at radius 1 is 1.07 bits per heavy atom. The smallest absolute Gasteiger partial charge is 0.434 e. The van der Waals surface area contributed by atoms with Crippen LogP contribution >= 0.6 is 0 Å². The maximum absolute atomic E-state index is 13.8. The Hall–Kier alpha value is -3.63. The lowest BCUT2D eigenvalue weighted by Crippen LogP contribution is -2.28. The molecule has 0 saturated carbocycles. The summed E-state index contributed by atoms with van der Waals surface area (Å²) in [6.07, 6.45) is -3.97. The van der Waals surface area contributed by atoms with Gasteiger partial charge in [-0.15, -0.1) is 10.2 Å². The van der Waals surface area contributed by atoms with Gasteiger partial charge in [0.25, 0.3) is 5.91 Å². The molecule has 0 spiro atoms. The summed E-state index contributed by atoms with van der Waals surface area (Å²) in [5.41, 5.74) is -1.08. The van der Waals surface area contributed by atoms with Crippen LogP contribution in [-0.2, 0) is 12.7 Å². The van der Waals surface area contributed by atoms with Crippen molar-refractivity contribution in [1.29, 1.82) is 0 Å². The van der Waals surface area contributed by atoms with Gasteiger partial charge in [-0.25, -0.2) is 4.68 Å². The van der Waals surface area contributed by atoms with Gasteiger partial charge >= 0.3 is 6.18 Å². The maximum atomic E-state index is 13.8. The van der Waals surface area contributed by atoms with E-state index in [0.717, 1.165) is 11.8 Å². The average molecular weight is 421 g/mol. The number of aromatic nitrogens is 4. The molecule has 1 amide bonds. The molecule has 0 aliphatic carbocycles. The maximum Gasteiger partial charge on any atom is 0.434 e. The molecule has 0 saturated heterocycles. The van der Waals surface area contributed by atoms with E-state index in [1.807, 2.05) is 0 Å². The highest BCUT2D eigenvalue weighted by Gasteiger charge is 2.41. The van der Waals surface area contributed by atoms with E-state index in [0.29, 0.717) is 10.4 Å². The number of hydrogen-bond donors (Lipinski definition) is 0. The zero-order chi connectivity index (χ0) is 21.9. The first kappa shape index (κ1) is 21.1. The first-order valence-electron chi connectivity index (χ1n) is 8.66. The van der Waals surface area contributed by atoms with Gasteiger partial charge < -0.3 is 14.4 Å². The number of ether oxygens (including phenoxy) is 2. The molecule has 158 valence electrons. The van der Waals surface area contributed by atoms with Gasteiger partial charge in [0.2, 0.25) is 5.88 Å². The SMILES string of the molecule is COc1ccc(CN(C)C(=O)c2cnn(-c3ccc(OC)nn3)c2C(F)(F)F)cc1. The lowest BCUT2D eigenvalue weighted by Gasteiger charge is -2.18. The molecule has 0 fully saturated rings. The third-order valence-corrected chi connectivity index (χ3v) is 4.25. The summed E-state index contributed by atoms with van der Waals surface area (Å²) in [4.78, 5) is 14.0. The second-order valence-electron chi connectivity index (χ2n) is 6.26. The van der Waals surface area contributed by atoms with Crippen LogP contribution in [0.4, 0.5) is 13.2 Å². The fourth-order valence-corrected chi connectivity index (χ4v) is 2.77. The van der Waals surface area contributed by atoms with Gasteiger partial charge in [-0.3, -0.25) is 4.79 Å². The van der Waals surface area contributed by atoms with Crippen LogP contribution in [0.2, 0.25) is 0 Å². The van der Waals surface area contributed by atoms with Crippen LogP contribution in [0.3, 0.4) is 0 Å². The van der Waals surface area contributed by atoms with Gasteiger partial charge in [0.15, 0.2) is 11.5 Å². The number of carbonyl (C=O) groups excluding carboxylic acids is 1. The number of alkyl halides is 3. The van der Waals surface area contributed by atoms with E-state index < -0.39 is 23.3 Å². The highest BCUT2D eigenvalue weighted by molar-refractivity contribution is 5.95. The van der Waals surface area contributed by atoms with Crippen LogP contribution in [0.25, 0.3) is 5.82 Å². The molecule has 0 radical (unpaired) electrons. The molecule has 30 heavy (non-hydrogen) atoms. The average Bonchev–Trinajstić information content (AvgIpc) is 3.19. The molecule has 0 N–H and O–H groups in total. The lowest BCUT2D eigenvalue weighted by molar-refractivity contribution is -0.143. The molecule has 2 aromatic heterocycles. The second kappa shape index (κ2) is 8.39. The minimum atomic E-state index is -4.84. The fourth-order valence-electron chi connectivity index (χ4n) is 2.77. The van der Waals surface area contributed by atoms with E-state index in [1.165, 1.54) is 38.3 Å². The van der Waals surface area contributed by atoms with Gasteiger partial charge in [-0.05, 0) is 23.8 Å². The molecule has 0 aliphatic rings. The van der Waals surface area contributed by atoms with Gasteiger partial charge in [-0.2, -0.15) is 18.3 Å². The van der Waals surface area contributed by atoms with Crippen molar-refractivity contribution in [3.05, 3.63) is 59.4 Å². The number of rotatable bonds is 6. The van der Waals surface area contributed by atoms with E-state index in [-0.39, 0.29) is 18.2 Å². The van der Waals surface area contributed by atoms with Crippen LogP contribution < -0.4 is 9.47 Å². The number of halogens is 3. The van der Waals surface area contributed by atoms with Gasteiger partial charge in [-0.1, -0.05) is 12.1 Å². The molecule has 3 rings (SSSR count). The predicted molar refractivity (Wildman–Crippen MR) is 99.5 cm³/mol. The fraction of sp³-hybridized carbons (Fsp3) is 0.263. The summed E-state index contributed by atoms with van der Waals surface area (Å²) in [5, 5.41) is 11.1. The molecule has 11 heteroatoms. The zero-order valence-electron chi connectivity index (χ0n) is 16.3. The van der Waals surface area contributed by atoms with E-state index >= 15 is 0 Å². The number of amides is 1. The summed E-state index contributed by atoms with van der Waals surface area (Å²) in [7, 11) is 4.29. The second-order valence-corrected chi connectivity index (χ2v) is 6.26. The van der Waals surface area contributed by atoms with Gasteiger partial charge in [0.05, 0.1) is 26.0 Å². The first-order chi connectivity index (χ1) is 14.2. The van der Waals surface area contributed by atoms with Crippen molar-refractivity contribution in [1.82, 2.24) is 24.9 Å². The Balaban J connectivity index is 1.91. The van der Waals surface area contributed by atoms with Crippen molar-refractivity contribution in [2.24, 2.45) is 0 Å². The van der Waals surface area contributed by atoms with Crippen molar-refractivity contribution in [3.8, 4) is 17.4 Å². The molecule has 3 aromatic rings. The minimum absolute atomic E-state index is 0.105. The Morgan fingerprint density at radius 2 is 1.77 bits per heavy atom. The normalized spacial score (nSPS) is 11.3. The number of methoxy groups -OCH3 is 2. The summed E-state index contributed by atoms with van der Waals surface area (Å²) in [5.74, 6) is -0.255. The zero-order valence-corrected chi connectivity index (χ0v) is 16.3. The molecular formula is C19H18F3N5O3. The summed E-state index contributed by atoms with van der Waals surface area (Å²) in [6, 6.07) is 9.47. The van der Waals surface area contributed by atoms with Crippen molar-refractivity contribution >= 4 is 5.91 Å². The largest absolute Gasteiger partial charge is 0.497 e. The summed E-state index contributed by atoms with van der Waals surface area (Å²) < 4.78 is 51.8. The number of benzene rings is 1. The first-order valence-corrected chi connectivity index (χ1v) is 8.66. The molecular weight excluding hydrogens is 403 g/mol. The quantitative estimate of drug-likeness (QED) is 0.609. The number of carbonyl (C=O) groups is 1. The molecule has 1 aromatic carbocycles. The Kier molecular flexibility index (Phi) is 5.90. The Morgan fingerprint density at radius 3 is 2.30 bits per heavy atom. The van der Waals surface area contributed by atoms with Crippen molar-refractivity contribution in [3.63, 3.8) is 0 Å². The molecule has 8 nitrogen and oxygen atoms in total. The van der Waals surface area contributed by atoms with Crippen LogP contribution in [0, 0.1) is 0 Å². The Bertz CT molecular complexity index is 1020. The third kappa shape index (κ3) is 4.34. The summed E-state index contributed by atoms with van der Waals surface area (Å²) in [6.45, 7) is 0.105. The number of hydrogen-bond acceptors (Lipinski definition) is 6. The monoisotopic (exact) mass is 421 g/mol. The topological polar surface area (TPSA) is 82.4 Å². The highest BCUT2D eigenvalue weighted by atomic mass is 19.4. The van der Waals surface area contributed by atoms with Crippen LogP contribution in [0.5, 0.6) is 11.6 Å². The van der Waals surface area contributed by atoms with Crippen LogP contribution in [0.15, 0.2) is 42.6 Å². The van der Waals surface area contributed by atoms with E-state index in [1.54, 1.807) is 24.3 Å². The lowest BCUT2D eigenvalue weighted by atomic mass is 10.1. The van der Waals surface area contributed by atoms with Crippen molar-refractivity contribution < 1.29 is 27.4 Å². The molecule has 0 aliphatic heterocycles. The van der Waals surface area contributed by atoms with Crippen molar-refractivity contribution in [2.75, 3.05) is 21.3 Å². The van der Waals surface area contributed by atoms with E-state index in [9.17, 15) is 18.0 Å². The molecule has 0 atom stereocenters. The van der Waals surface area contributed by atoms with Crippen molar-refractivity contribution in [2.45, 2.75) is 12.7 Å². The van der Waals surface area contributed by atoms with Gasteiger partial charge in [0, 0.05) is 19.7 Å². The summed E-state index contributed by atoms with van der Waals surface area (Å²) >= 11 is 0. The van der Waals surface area contributed by atoms with Crippen LogP contribution in [0.1, 0.15) is 21.6 Å². The molecule has 2 heterocycles. The Labute approximate surface area is 169 Å². The standard InChI is InChI=1S/C19H18F3N5O3/c1-26(11-12-4-6-13(29-2)7-5-12)18(28)14-10-23-27(17(14)19(20,21)22)15-8-9-16(30-3)25-24-15/h4-10H,11H2,1-3H3. The predicted octanol–water partition coefficient (Wildman–Crippen LogP) is 2.97. The minimum Gasteiger partial charge on any atom is -0.497 e.